The van der Waals surface area contributed by atoms with Crippen LogP contribution in [0.4, 0.5) is 4.79 Å². The molecule has 0 saturated carbocycles. The summed E-state index contributed by atoms with van der Waals surface area (Å²) in [6.07, 6.45) is 1.67. The zero-order valence-electron chi connectivity index (χ0n) is 9.71. The van der Waals surface area contributed by atoms with E-state index in [2.05, 4.69) is 0 Å². The van der Waals surface area contributed by atoms with Crippen molar-refractivity contribution < 1.29 is 19.8 Å². The van der Waals surface area contributed by atoms with Gasteiger partial charge in [0.05, 0.1) is 5.92 Å². The van der Waals surface area contributed by atoms with E-state index in [0.717, 1.165) is 19.4 Å². The minimum absolute atomic E-state index is 0.0528. The van der Waals surface area contributed by atoms with E-state index in [1.54, 1.807) is 9.80 Å². The van der Waals surface area contributed by atoms with Crippen LogP contribution < -0.4 is 0 Å². The fourth-order valence-electron chi connectivity index (χ4n) is 2.42. The summed E-state index contributed by atoms with van der Waals surface area (Å²) in [5.74, 6) is -0.830. The molecule has 0 spiro atoms. The zero-order valence-corrected chi connectivity index (χ0v) is 9.71. The number of urea groups is 1. The number of aliphatic hydroxyl groups excluding tert-OH is 1. The van der Waals surface area contributed by atoms with Crippen molar-refractivity contribution in [3.05, 3.63) is 0 Å². The Balaban J connectivity index is 1.77. The smallest absolute Gasteiger partial charge is 0.320 e. The van der Waals surface area contributed by atoms with Crippen LogP contribution in [0, 0.1) is 11.8 Å². The molecule has 96 valence electrons. The number of rotatable bonds is 3. The molecule has 6 heteroatoms. The molecule has 0 bridgehead atoms. The van der Waals surface area contributed by atoms with Crippen LogP contribution in [-0.2, 0) is 4.79 Å². The van der Waals surface area contributed by atoms with Crippen LogP contribution in [-0.4, -0.2) is 64.8 Å². The van der Waals surface area contributed by atoms with Gasteiger partial charge in [-0.2, -0.15) is 0 Å². The van der Waals surface area contributed by atoms with Crippen molar-refractivity contribution in [2.45, 2.75) is 12.8 Å². The normalized spacial score (nSPS) is 24.9. The van der Waals surface area contributed by atoms with Crippen LogP contribution in [0.1, 0.15) is 12.8 Å². The monoisotopic (exact) mass is 242 g/mol. The summed E-state index contributed by atoms with van der Waals surface area (Å²) in [6, 6.07) is -0.0528. The molecule has 0 aromatic carbocycles. The number of likely N-dealkylation sites (tertiary alicyclic amines) is 2. The number of aliphatic hydroxyl groups is 1. The van der Waals surface area contributed by atoms with Gasteiger partial charge in [0.15, 0.2) is 0 Å². The molecule has 2 fully saturated rings. The largest absolute Gasteiger partial charge is 0.481 e. The molecule has 2 aliphatic rings. The van der Waals surface area contributed by atoms with Gasteiger partial charge in [0.2, 0.25) is 0 Å². The van der Waals surface area contributed by atoms with Gasteiger partial charge in [0, 0.05) is 32.8 Å². The number of aliphatic carboxylic acids is 1. The van der Waals surface area contributed by atoms with Crippen molar-refractivity contribution in [1.29, 1.82) is 0 Å². The average molecular weight is 242 g/mol. The minimum Gasteiger partial charge on any atom is -0.481 e. The summed E-state index contributed by atoms with van der Waals surface area (Å²) in [5.41, 5.74) is 0. The first-order chi connectivity index (χ1) is 8.11. The van der Waals surface area contributed by atoms with Crippen LogP contribution in [0.15, 0.2) is 0 Å². The molecule has 2 saturated heterocycles. The van der Waals surface area contributed by atoms with Gasteiger partial charge >= 0.3 is 12.0 Å². The maximum absolute atomic E-state index is 11.9. The van der Waals surface area contributed by atoms with Gasteiger partial charge in [-0.3, -0.25) is 4.79 Å². The van der Waals surface area contributed by atoms with Crippen LogP contribution in [0.2, 0.25) is 0 Å². The molecule has 2 amide bonds. The van der Waals surface area contributed by atoms with Crippen LogP contribution in [0.3, 0.4) is 0 Å². The van der Waals surface area contributed by atoms with Gasteiger partial charge in [-0.25, -0.2) is 4.79 Å². The first-order valence-electron chi connectivity index (χ1n) is 5.99. The SMILES string of the molecule is O=C(O)C1CN(C(=O)N2CCC(CCO)C2)C1. The second kappa shape index (κ2) is 4.91. The fourth-order valence-corrected chi connectivity index (χ4v) is 2.42. The van der Waals surface area contributed by atoms with Crippen LogP contribution in [0.25, 0.3) is 0 Å². The van der Waals surface area contributed by atoms with Gasteiger partial charge < -0.3 is 20.0 Å². The Kier molecular flexibility index (Phi) is 3.51. The maximum atomic E-state index is 11.9. The lowest BCUT2D eigenvalue weighted by Gasteiger charge is -2.39. The number of hydrogen-bond acceptors (Lipinski definition) is 3. The van der Waals surface area contributed by atoms with E-state index in [4.69, 9.17) is 10.2 Å². The Bertz CT molecular complexity index is 315. The molecule has 0 aromatic rings. The van der Waals surface area contributed by atoms with Crippen molar-refractivity contribution >= 4 is 12.0 Å². The van der Waals surface area contributed by atoms with E-state index in [1.165, 1.54) is 0 Å². The topological polar surface area (TPSA) is 81.1 Å². The Morgan fingerprint density at radius 3 is 2.47 bits per heavy atom. The molecule has 1 atom stereocenters. The van der Waals surface area contributed by atoms with Gasteiger partial charge in [0.1, 0.15) is 0 Å². The number of carbonyl (C=O) groups is 2. The standard InChI is InChI=1S/C11H18N2O4/c14-4-2-8-1-3-12(5-8)11(17)13-6-9(7-13)10(15)16/h8-9,14H,1-7H2,(H,15,16). The molecule has 0 aliphatic carbocycles. The number of amides is 2. The summed E-state index contributed by atoms with van der Waals surface area (Å²) >= 11 is 0. The van der Waals surface area contributed by atoms with E-state index < -0.39 is 11.9 Å². The Morgan fingerprint density at radius 1 is 1.18 bits per heavy atom. The van der Waals surface area contributed by atoms with Crippen molar-refractivity contribution in [2.24, 2.45) is 11.8 Å². The summed E-state index contributed by atoms with van der Waals surface area (Å²) in [5, 5.41) is 17.6. The van der Waals surface area contributed by atoms with E-state index >= 15 is 0 Å². The van der Waals surface area contributed by atoms with Gasteiger partial charge in [-0.15, -0.1) is 0 Å². The summed E-state index contributed by atoms with van der Waals surface area (Å²) in [6.45, 7) is 2.23. The van der Waals surface area contributed by atoms with Gasteiger partial charge in [0.25, 0.3) is 0 Å². The molecule has 2 N–H and O–H groups in total. The Morgan fingerprint density at radius 2 is 1.88 bits per heavy atom. The molecule has 2 rings (SSSR count). The first-order valence-corrected chi connectivity index (χ1v) is 5.99. The molecule has 2 aliphatic heterocycles. The summed E-state index contributed by atoms with van der Waals surface area (Å²) in [4.78, 5) is 25.9. The van der Waals surface area contributed by atoms with Crippen LogP contribution in [0.5, 0.6) is 0 Å². The van der Waals surface area contributed by atoms with Crippen molar-refractivity contribution in [1.82, 2.24) is 9.80 Å². The quantitative estimate of drug-likeness (QED) is 0.719. The molecular formula is C11H18N2O4. The van der Waals surface area contributed by atoms with E-state index in [9.17, 15) is 9.59 Å². The summed E-state index contributed by atoms with van der Waals surface area (Å²) in [7, 11) is 0. The molecule has 2 heterocycles. The third-order valence-electron chi connectivity index (χ3n) is 3.60. The van der Waals surface area contributed by atoms with Crippen molar-refractivity contribution in [2.75, 3.05) is 32.8 Å². The maximum Gasteiger partial charge on any atom is 0.320 e. The molecular weight excluding hydrogens is 224 g/mol. The second-order valence-electron chi connectivity index (χ2n) is 4.84. The highest BCUT2D eigenvalue weighted by atomic mass is 16.4. The molecule has 0 radical (unpaired) electrons. The number of carboxylic acids is 1. The molecule has 0 aromatic heterocycles. The third kappa shape index (κ3) is 2.52. The zero-order chi connectivity index (χ0) is 12.4. The van der Waals surface area contributed by atoms with Crippen molar-refractivity contribution in [3.63, 3.8) is 0 Å². The predicted octanol–water partition coefficient (Wildman–Crippen LogP) is -0.173. The number of hydrogen-bond donors (Lipinski definition) is 2. The number of carbonyl (C=O) groups excluding carboxylic acids is 1. The van der Waals surface area contributed by atoms with Gasteiger partial charge in [-0.1, -0.05) is 0 Å². The highest BCUT2D eigenvalue weighted by Crippen LogP contribution is 2.23. The number of carboxylic acid groups (broad SMARTS) is 1. The van der Waals surface area contributed by atoms with E-state index in [-0.39, 0.29) is 12.6 Å². The Hall–Kier alpha value is -1.30. The predicted molar refractivity (Wildman–Crippen MR) is 59.5 cm³/mol. The molecule has 6 nitrogen and oxygen atoms in total. The lowest BCUT2D eigenvalue weighted by Crippen LogP contribution is -2.56. The van der Waals surface area contributed by atoms with E-state index in [1.807, 2.05) is 0 Å². The molecule has 17 heavy (non-hydrogen) atoms. The number of nitrogens with zero attached hydrogens (tertiary/aromatic N) is 2. The minimum atomic E-state index is -0.825. The fraction of sp³-hybridized carbons (Fsp3) is 0.818. The Labute approximate surface area is 99.8 Å². The molecule has 1 unspecified atom stereocenters. The third-order valence-corrected chi connectivity index (χ3v) is 3.60. The van der Waals surface area contributed by atoms with E-state index in [0.29, 0.717) is 25.6 Å². The lowest BCUT2D eigenvalue weighted by molar-refractivity contribution is -0.146. The second-order valence-corrected chi connectivity index (χ2v) is 4.84. The van der Waals surface area contributed by atoms with Crippen molar-refractivity contribution in [3.8, 4) is 0 Å². The highest BCUT2D eigenvalue weighted by Gasteiger charge is 2.39. The lowest BCUT2D eigenvalue weighted by atomic mass is 10.0. The average Bonchev–Trinajstić information content (AvgIpc) is 2.63. The van der Waals surface area contributed by atoms with Gasteiger partial charge in [-0.05, 0) is 18.8 Å². The summed E-state index contributed by atoms with van der Waals surface area (Å²) < 4.78 is 0. The highest BCUT2D eigenvalue weighted by molar-refractivity contribution is 5.80. The first kappa shape index (κ1) is 12.2. The van der Waals surface area contributed by atoms with Crippen LogP contribution >= 0.6 is 0 Å².